The molecule has 0 aromatic rings. The number of likely N-dealkylation sites (N-methyl/N-ethyl adjacent to an activating group) is 2. The highest BCUT2D eigenvalue weighted by Gasteiger charge is 2.10. The number of ketones is 1. The highest BCUT2D eigenvalue weighted by Crippen LogP contribution is 1.89. The molecule has 0 bridgehead atoms. The van der Waals surface area contributed by atoms with Crippen molar-refractivity contribution in [2.45, 2.75) is 13.3 Å². The van der Waals surface area contributed by atoms with E-state index in [2.05, 4.69) is 0 Å². The summed E-state index contributed by atoms with van der Waals surface area (Å²) in [4.78, 5) is 25.5. The lowest BCUT2D eigenvalue weighted by molar-refractivity contribution is -0.130. The van der Waals surface area contributed by atoms with Crippen LogP contribution in [0.3, 0.4) is 0 Å². The van der Waals surface area contributed by atoms with E-state index in [1.54, 1.807) is 26.0 Å². The number of Topliss-reactive ketones (excluding diaryl/α,β-unsaturated/α-hetero) is 1. The summed E-state index contributed by atoms with van der Waals surface area (Å²) in [5.41, 5.74) is 0. The van der Waals surface area contributed by atoms with Crippen LogP contribution in [-0.4, -0.2) is 55.7 Å². The molecule has 0 saturated carbocycles. The van der Waals surface area contributed by atoms with Gasteiger partial charge in [-0.25, -0.2) is 0 Å². The lowest BCUT2D eigenvalue weighted by Crippen LogP contribution is -2.36. The quantitative estimate of drug-likeness (QED) is 0.606. The van der Waals surface area contributed by atoms with Crippen LogP contribution in [0.2, 0.25) is 0 Å². The first kappa shape index (κ1) is 12.1. The minimum atomic E-state index is 0.0198. The number of hydrogen-bond donors (Lipinski definition) is 0. The molecule has 0 aromatic heterocycles. The monoisotopic (exact) mass is 186 g/mol. The molecule has 0 aromatic carbocycles. The molecular weight excluding hydrogens is 168 g/mol. The molecule has 0 rings (SSSR count). The van der Waals surface area contributed by atoms with Gasteiger partial charge < -0.3 is 4.90 Å². The summed E-state index contributed by atoms with van der Waals surface area (Å²) in [5.74, 6) is 0.181. The Morgan fingerprint density at radius 1 is 1.08 bits per heavy atom. The average Bonchev–Trinajstić information content (AvgIpc) is 2.03. The zero-order valence-electron chi connectivity index (χ0n) is 8.83. The average molecular weight is 186 g/mol. The normalized spacial score (nSPS) is 10.2. The van der Waals surface area contributed by atoms with Crippen LogP contribution < -0.4 is 0 Å². The van der Waals surface area contributed by atoms with Crippen molar-refractivity contribution in [1.29, 1.82) is 0 Å². The largest absolute Gasteiger partial charge is 0.348 e. The third kappa shape index (κ3) is 5.36. The van der Waals surface area contributed by atoms with Crippen molar-refractivity contribution < 1.29 is 9.59 Å². The van der Waals surface area contributed by atoms with Crippen LogP contribution >= 0.6 is 0 Å². The number of amides is 1. The van der Waals surface area contributed by atoms with E-state index < -0.39 is 0 Å². The van der Waals surface area contributed by atoms with E-state index in [4.69, 9.17) is 0 Å². The molecule has 0 aliphatic heterocycles. The molecule has 4 heteroatoms. The second-order valence-electron chi connectivity index (χ2n) is 3.35. The van der Waals surface area contributed by atoms with Gasteiger partial charge in [0.1, 0.15) is 5.78 Å². The fraction of sp³-hybridized carbons (Fsp3) is 0.778. The Morgan fingerprint density at radius 3 is 2.00 bits per heavy atom. The summed E-state index contributed by atoms with van der Waals surface area (Å²) in [6.07, 6.45) is 0.528. The van der Waals surface area contributed by atoms with Crippen molar-refractivity contribution in [3.63, 3.8) is 0 Å². The molecule has 76 valence electrons. The van der Waals surface area contributed by atoms with Crippen LogP contribution in [0.5, 0.6) is 0 Å². The zero-order valence-corrected chi connectivity index (χ0v) is 8.83. The van der Waals surface area contributed by atoms with Gasteiger partial charge in [0.05, 0.1) is 13.1 Å². The molecule has 0 fully saturated rings. The minimum Gasteiger partial charge on any atom is -0.348 e. The summed E-state index contributed by atoms with van der Waals surface area (Å²) in [7, 11) is 5.19. The molecule has 4 nitrogen and oxygen atoms in total. The van der Waals surface area contributed by atoms with Gasteiger partial charge in [0.15, 0.2) is 0 Å². The van der Waals surface area contributed by atoms with Gasteiger partial charge in [-0.3, -0.25) is 14.5 Å². The van der Waals surface area contributed by atoms with Gasteiger partial charge in [-0.2, -0.15) is 0 Å². The van der Waals surface area contributed by atoms with Crippen molar-refractivity contribution in [2.75, 3.05) is 34.2 Å². The van der Waals surface area contributed by atoms with E-state index in [1.807, 2.05) is 6.92 Å². The van der Waals surface area contributed by atoms with Crippen molar-refractivity contribution >= 4 is 11.7 Å². The first-order valence-electron chi connectivity index (χ1n) is 4.37. The molecule has 0 saturated heterocycles. The second-order valence-corrected chi connectivity index (χ2v) is 3.35. The van der Waals surface area contributed by atoms with E-state index in [0.717, 1.165) is 0 Å². The fourth-order valence-corrected chi connectivity index (χ4v) is 0.841. The summed E-state index contributed by atoms with van der Waals surface area (Å²) in [6, 6.07) is 0. The molecule has 0 aliphatic carbocycles. The van der Waals surface area contributed by atoms with Gasteiger partial charge in [0.25, 0.3) is 0 Å². The number of nitrogens with zero attached hydrogens (tertiary/aromatic N) is 2. The molecule has 0 N–H and O–H groups in total. The summed E-state index contributed by atoms with van der Waals surface area (Å²) < 4.78 is 0. The van der Waals surface area contributed by atoms with Crippen LogP contribution in [0.15, 0.2) is 0 Å². The zero-order chi connectivity index (χ0) is 10.4. The molecule has 0 radical (unpaired) electrons. The van der Waals surface area contributed by atoms with E-state index in [0.29, 0.717) is 19.5 Å². The first-order valence-corrected chi connectivity index (χ1v) is 4.37. The van der Waals surface area contributed by atoms with Crippen LogP contribution in [-0.2, 0) is 9.59 Å². The Labute approximate surface area is 79.5 Å². The topological polar surface area (TPSA) is 40.6 Å². The molecule has 0 atom stereocenters. The third-order valence-electron chi connectivity index (χ3n) is 1.74. The van der Waals surface area contributed by atoms with Gasteiger partial charge in [-0.05, 0) is 7.05 Å². The van der Waals surface area contributed by atoms with E-state index in [1.165, 1.54) is 4.90 Å². The Balaban J connectivity index is 3.80. The Bertz CT molecular complexity index is 190. The number of rotatable bonds is 5. The predicted octanol–water partition coefficient (Wildman–Crippen LogP) is -0.0145. The van der Waals surface area contributed by atoms with Crippen molar-refractivity contribution in [2.24, 2.45) is 0 Å². The van der Waals surface area contributed by atoms with Crippen molar-refractivity contribution in [3.05, 3.63) is 0 Å². The highest BCUT2D eigenvalue weighted by molar-refractivity contribution is 5.82. The molecule has 1 amide bonds. The summed E-state index contributed by atoms with van der Waals surface area (Å²) >= 11 is 0. The van der Waals surface area contributed by atoms with Gasteiger partial charge in [-0.1, -0.05) is 6.92 Å². The highest BCUT2D eigenvalue weighted by atomic mass is 16.2. The van der Waals surface area contributed by atoms with Gasteiger partial charge in [0.2, 0.25) is 5.91 Å². The van der Waals surface area contributed by atoms with Crippen molar-refractivity contribution in [3.8, 4) is 0 Å². The fourth-order valence-electron chi connectivity index (χ4n) is 0.841. The second kappa shape index (κ2) is 5.70. The van der Waals surface area contributed by atoms with Crippen LogP contribution in [0.4, 0.5) is 0 Å². The molecule has 0 aliphatic rings. The maximum atomic E-state index is 11.2. The summed E-state index contributed by atoms with van der Waals surface area (Å²) in [5, 5.41) is 0. The summed E-state index contributed by atoms with van der Waals surface area (Å²) in [6.45, 7) is 2.48. The van der Waals surface area contributed by atoms with E-state index in [-0.39, 0.29) is 11.7 Å². The van der Waals surface area contributed by atoms with Crippen LogP contribution in [0.25, 0.3) is 0 Å². The maximum absolute atomic E-state index is 11.2. The standard InChI is InChI=1S/C9H18N2O2/c1-5-8(12)6-11(4)7-9(13)10(2)3/h5-7H2,1-4H3. The predicted molar refractivity (Wildman–Crippen MR) is 51.5 cm³/mol. The number of hydrogen-bond acceptors (Lipinski definition) is 3. The van der Waals surface area contributed by atoms with E-state index >= 15 is 0 Å². The van der Waals surface area contributed by atoms with Gasteiger partial charge >= 0.3 is 0 Å². The smallest absolute Gasteiger partial charge is 0.236 e. The Morgan fingerprint density at radius 2 is 1.62 bits per heavy atom. The van der Waals surface area contributed by atoms with Crippen LogP contribution in [0, 0.1) is 0 Å². The van der Waals surface area contributed by atoms with E-state index in [9.17, 15) is 9.59 Å². The molecule has 0 heterocycles. The molecule has 0 unspecified atom stereocenters. The minimum absolute atomic E-state index is 0.0198. The lowest BCUT2D eigenvalue weighted by atomic mass is 10.3. The molecular formula is C9H18N2O2. The third-order valence-corrected chi connectivity index (χ3v) is 1.74. The van der Waals surface area contributed by atoms with Gasteiger partial charge in [-0.15, -0.1) is 0 Å². The van der Waals surface area contributed by atoms with Gasteiger partial charge in [0, 0.05) is 20.5 Å². The number of carbonyl (C=O) groups excluding carboxylic acids is 2. The Hall–Kier alpha value is -0.900. The van der Waals surface area contributed by atoms with Crippen LogP contribution in [0.1, 0.15) is 13.3 Å². The SMILES string of the molecule is CCC(=O)CN(C)CC(=O)N(C)C. The Kier molecular flexibility index (Phi) is 5.30. The maximum Gasteiger partial charge on any atom is 0.236 e. The number of carbonyl (C=O) groups is 2. The lowest BCUT2D eigenvalue weighted by Gasteiger charge is -2.17. The molecule has 0 spiro atoms. The first-order chi connectivity index (χ1) is 5.97. The molecule has 13 heavy (non-hydrogen) atoms. The van der Waals surface area contributed by atoms with Crippen molar-refractivity contribution in [1.82, 2.24) is 9.80 Å².